The number of imide groups is 1. The zero-order valence-corrected chi connectivity index (χ0v) is 27.1. The van der Waals surface area contributed by atoms with E-state index in [1.165, 1.54) is 23.4 Å². The van der Waals surface area contributed by atoms with Gasteiger partial charge in [0.1, 0.15) is 17.4 Å². The van der Waals surface area contributed by atoms with Gasteiger partial charge in [-0.2, -0.15) is 0 Å². The van der Waals surface area contributed by atoms with Crippen molar-refractivity contribution in [1.82, 2.24) is 15.1 Å². The van der Waals surface area contributed by atoms with Gasteiger partial charge in [-0.25, -0.2) is 8.78 Å². The van der Waals surface area contributed by atoms with Gasteiger partial charge in [-0.05, 0) is 49.4 Å². The number of benzene rings is 2. The van der Waals surface area contributed by atoms with Crippen LogP contribution in [-0.4, -0.2) is 93.5 Å². The Labute approximate surface area is 269 Å². The lowest BCUT2D eigenvalue weighted by Crippen LogP contribution is -2.59. The smallest absolute Gasteiger partial charge is 0.234 e. The van der Waals surface area contributed by atoms with Gasteiger partial charge < -0.3 is 25.2 Å². The van der Waals surface area contributed by atoms with Crippen molar-refractivity contribution in [2.75, 3.05) is 75.0 Å². The number of amides is 3. The van der Waals surface area contributed by atoms with Crippen molar-refractivity contribution < 1.29 is 27.9 Å². The molecule has 1 atom stereocenters. The lowest BCUT2D eigenvalue weighted by Gasteiger charge is -2.46. The van der Waals surface area contributed by atoms with Crippen LogP contribution in [0.4, 0.5) is 25.8 Å². The van der Waals surface area contributed by atoms with Crippen LogP contribution in [0.15, 0.2) is 24.3 Å². The van der Waals surface area contributed by atoms with E-state index in [1.54, 1.807) is 18.9 Å². The molecule has 2 aromatic carbocycles. The molecule has 0 spiro atoms. The molecule has 10 nitrogen and oxygen atoms in total. The van der Waals surface area contributed by atoms with Crippen LogP contribution < -0.4 is 25.6 Å². The van der Waals surface area contributed by atoms with Gasteiger partial charge >= 0.3 is 0 Å². The van der Waals surface area contributed by atoms with Gasteiger partial charge in [0, 0.05) is 81.4 Å². The number of nitrogens with one attached hydrogen (secondary N) is 1. The minimum atomic E-state index is -1.09. The summed E-state index contributed by atoms with van der Waals surface area (Å²) < 4.78 is 35.7. The van der Waals surface area contributed by atoms with E-state index in [0.29, 0.717) is 55.8 Å². The molecular formula is C34H46F2N6O4. The van der Waals surface area contributed by atoms with Crippen LogP contribution in [0, 0.1) is 17.6 Å². The second-order valence-electron chi connectivity index (χ2n) is 12.5. The quantitative estimate of drug-likeness (QED) is 0.284. The predicted molar refractivity (Wildman–Crippen MR) is 174 cm³/mol. The maximum Gasteiger partial charge on any atom is 0.234 e. The third-order valence-corrected chi connectivity index (χ3v) is 9.86. The molecule has 3 heterocycles. The number of methoxy groups -OCH3 is 1. The first-order chi connectivity index (χ1) is 22.2. The lowest BCUT2D eigenvalue weighted by atomic mass is 9.91. The standard InChI is InChI=1S/C34H46F2N6O4/c1-4-6-26(33(44)38-21-43)32-27(35)16-25(17-28(32)36)42-19-23(20-42)34(45)41-13-11-39(12-14-41)24-7-9-40(10-8-24)30-18-31(46-3)29(37)15-22(30)5-2/h15-18,21,23-24,26H,4-14,19-20,37H2,1-3H3,(H,38,43,44). The van der Waals surface area contributed by atoms with Crippen molar-refractivity contribution in [3.8, 4) is 5.75 Å². The second kappa shape index (κ2) is 14.7. The Morgan fingerprint density at radius 1 is 1.00 bits per heavy atom. The van der Waals surface area contributed by atoms with E-state index in [-0.39, 0.29) is 30.2 Å². The van der Waals surface area contributed by atoms with Crippen LogP contribution in [-0.2, 0) is 20.8 Å². The molecule has 250 valence electrons. The molecule has 12 heteroatoms. The van der Waals surface area contributed by atoms with E-state index in [1.807, 2.05) is 16.3 Å². The zero-order valence-electron chi connectivity index (χ0n) is 27.1. The van der Waals surface area contributed by atoms with Gasteiger partial charge in [-0.3, -0.25) is 24.6 Å². The number of anilines is 3. The molecule has 0 bridgehead atoms. The number of hydrogen-bond donors (Lipinski definition) is 2. The van der Waals surface area contributed by atoms with Gasteiger partial charge in [0.15, 0.2) is 0 Å². The third kappa shape index (κ3) is 6.91. The van der Waals surface area contributed by atoms with E-state index in [0.717, 1.165) is 45.4 Å². The van der Waals surface area contributed by atoms with E-state index < -0.39 is 23.5 Å². The highest BCUT2D eigenvalue weighted by Crippen LogP contribution is 2.35. The van der Waals surface area contributed by atoms with E-state index in [2.05, 4.69) is 22.8 Å². The van der Waals surface area contributed by atoms with Gasteiger partial charge in [0.05, 0.1) is 24.6 Å². The SMILES string of the molecule is CCCC(C(=O)NC=O)c1c(F)cc(N2CC(C(=O)N3CCN(C4CCN(c5cc(OC)c(N)cc5CC)CC4)CC3)C2)cc1F. The Morgan fingerprint density at radius 2 is 1.65 bits per heavy atom. The van der Waals surface area contributed by atoms with Crippen LogP contribution in [0.25, 0.3) is 0 Å². The van der Waals surface area contributed by atoms with Crippen LogP contribution in [0.2, 0.25) is 0 Å². The summed E-state index contributed by atoms with van der Waals surface area (Å²) in [6.07, 6.45) is 3.95. The van der Waals surface area contributed by atoms with Crippen LogP contribution in [0.3, 0.4) is 0 Å². The lowest BCUT2D eigenvalue weighted by molar-refractivity contribution is -0.138. The Kier molecular flexibility index (Phi) is 10.7. The number of carbonyl (C=O) groups excluding carboxylic acids is 3. The Morgan fingerprint density at radius 3 is 2.22 bits per heavy atom. The molecule has 2 aromatic rings. The van der Waals surface area contributed by atoms with E-state index in [4.69, 9.17) is 10.5 Å². The molecule has 0 saturated carbocycles. The van der Waals surface area contributed by atoms with Crippen LogP contribution >= 0.6 is 0 Å². The number of nitrogens with two attached hydrogens (primary N) is 1. The molecule has 3 saturated heterocycles. The van der Waals surface area contributed by atoms with Gasteiger partial charge in [-0.15, -0.1) is 0 Å². The average Bonchev–Trinajstić information content (AvgIpc) is 3.03. The second-order valence-corrected chi connectivity index (χ2v) is 12.5. The molecule has 1 unspecified atom stereocenters. The predicted octanol–water partition coefficient (Wildman–Crippen LogP) is 3.52. The molecule has 3 N–H and O–H groups in total. The number of ether oxygens (including phenoxy) is 1. The number of hydrogen-bond acceptors (Lipinski definition) is 8. The number of piperazine rings is 1. The zero-order chi connectivity index (χ0) is 33.0. The molecular weight excluding hydrogens is 594 g/mol. The molecule has 3 aliphatic rings. The fourth-order valence-corrected chi connectivity index (χ4v) is 7.21. The highest BCUT2D eigenvalue weighted by molar-refractivity contribution is 5.91. The van der Waals surface area contributed by atoms with Gasteiger partial charge in [0.2, 0.25) is 18.2 Å². The van der Waals surface area contributed by atoms with Crippen LogP contribution in [0.1, 0.15) is 56.6 Å². The van der Waals surface area contributed by atoms with Crippen molar-refractivity contribution in [1.29, 1.82) is 0 Å². The van der Waals surface area contributed by atoms with Gasteiger partial charge in [0.25, 0.3) is 0 Å². The monoisotopic (exact) mass is 640 g/mol. The Hall–Kier alpha value is -3.93. The number of rotatable bonds is 11. The summed E-state index contributed by atoms with van der Waals surface area (Å²) in [6.45, 7) is 9.62. The van der Waals surface area contributed by atoms with Gasteiger partial charge in [-0.1, -0.05) is 20.3 Å². The number of aryl methyl sites for hydroxylation is 1. The minimum absolute atomic E-state index is 0.0845. The normalized spacial score (nSPS) is 18.7. The molecule has 0 radical (unpaired) electrons. The van der Waals surface area contributed by atoms with E-state index in [9.17, 15) is 14.4 Å². The number of piperidine rings is 1. The maximum atomic E-state index is 15.1. The molecule has 0 aromatic heterocycles. The minimum Gasteiger partial charge on any atom is -0.495 e. The topological polar surface area (TPSA) is 111 Å². The summed E-state index contributed by atoms with van der Waals surface area (Å²) in [5.74, 6) is -2.91. The van der Waals surface area contributed by atoms with Crippen molar-refractivity contribution in [3.05, 3.63) is 47.0 Å². The number of halogens is 2. The Balaban J connectivity index is 1.11. The molecule has 3 aliphatic heterocycles. The fraction of sp³-hybridized carbons (Fsp3) is 0.559. The summed E-state index contributed by atoms with van der Waals surface area (Å²) in [6, 6.07) is 6.99. The fourth-order valence-electron chi connectivity index (χ4n) is 7.21. The van der Waals surface area contributed by atoms with Crippen molar-refractivity contribution in [2.45, 2.75) is 57.9 Å². The van der Waals surface area contributed by atoms with Crippen molar-refractivity contribution in [3.63, 3.8) is 0 Å². The van der Waals surface area contributed by atoms with E-state index >= 15 is 8.78 Å². The maximum absolute atomic E-state index is 15.1. The highest BCUT2D eigenvalue weighted by Gasteiger charge is 2.38. The van der Waals surface area contributed by atoms with Crippen molar-refractivity contribution >= 4 is 35.3 Å². The molecule has 3 amide bonds. The summed E-state index contributed by atoms with van der Waals surface area (Å²) in [4.78, 5) is 45.0. The first kappa shape index (κ1) is 33.4. The first-order valence-electron chi connectivity index (χ1n) is 16.4. The number of nitrogen functional groups attached to an aromatic ring is 1. The van der Waals surface area contributed by atoms with Crippen LogP contribution in [0.5, 0.6) is 5.75 Å². The summed E-state index contributed by atoms with van der Waals surface area (Å²) in [5.41, 5.74) is 9.24. The summed E-state index contributed by atoms with van der Waals surface area (Å²) in [5, 5.41) is 2.01. The molecule has 3 fully saturated rings. The highest BCUT2D eigenvalue weighted by atomic mass is 19.1. The average molecular weight is 641 g/mol. The molecule has 46 heavy (non-hydrogen) atoms. The largest absolute Gasteiger partial charge is 0.495 e. The first-order valence-corrected chi connectivity index (χ1v) is 16.4. The number of nitrogens with zero attached hydrogens (tertiary/aromatic N) is 4. The summed E-state index contributed by atoms with van der Waals surface area (Å²) >= 11 is 0. The third-order valence-electron chi connectivity index (χ3n) is 9.86. The van der Waals surface area contributed by atoms with Crippen molar-refractivity contribution in [2.24, 2.45) is 5.92 Å². The molecule has 5 rings (SSSR count). The number of carbonyl (C=O) groups is 3. The summed E-state index contributed by atoms with van der Waals surface area (Å²) in [7, 11) is 1.64. The Bertz CT molecular complexity index is 1400. The molecule has 0 aliphatic carbocycles.